The summed E-state index contributed by atoms with van der Waals surface area (Å²) in [5.74, 6) is 0.357. The van der Waals surface area contributed by atoms with Crippen molar-refractivity contribution < 1.29 is 9.18 Å². The number of aromatic nitrogens is 2. The zero-order valence-electron chi connectivity index (χ0n) is 20.8. The molecule has 1 fully saturated rings. The normalized spacial score (nSPS) is 13.8. The number of hydrogen-bond donors (Lipinski definition) is 0. The van der Waals surface area contributed by atoms with E-state index in [-0.39, 0.29) is 11.5 Å². The maximum Gasteiger partial charge on any atom is 0.266 e. The number of hydrogen-bond acceptors (Lipinski definition) is 5. The molecule has 1 amide bonds. The molecular formula is C29H29FN4O2S. The van der Waals surface area contributed by atoms with E-state index in [0.717, 1.165) is 13.1 Å². The van der Waals surface area contributed by atoms with Crippen LogP contribution in [-0.2, 0) is 4.79 Å². The van der Waals surface area contributed by atoms with Crippen molar-refractivity contribution in [1.82, 2.24) is 14.5 Å². The Morgan fingerprint density at radius 3 is 2.51 bits per heavy atom. The number of halogens is 1. The van der Waals surface area contributed by atoms with Gasteiger partial charge in [-0.1, -0.05) is 48.2 Å². The van der Waals surface area contributed by atoms with Crippen LogP contribution < -0.4 is 10.5 Å². The van der Waals surface area contributed by atoms with Crippen molar-refractivity contribution in [3.63, 3.8) is 0 Å². The van der Waals surface area contributed by atoms with E-state index in [0.29, 0.717) is 53.4 Å². The van der Waals surface area contributed by atoms with E-state index in [2.05, 4.69) is 30.0 Å². The first-order valence-corrected chi connectivity index (χ1v) is 13.5. The fourth-order valence-electron chi connectivity index (χ4n) is 4.71. The predicted molar refractivity (Wildman–Crippen MR) is 147 cm³/mol. The monoisotopic (exact) mass is 516 g/mol. The molecule has 37 heavy (non-hydrogen) atoms. The van der Waals surface area contributed by atoms with Crippen LogP contribution >= 0.6 is 11.8 Å². The molecule has 4 aromatic rings. The van der Waals surface area contributed by atoms with Crippen LogP contribution in [0.3, 0.4) is 0 Å². The molecule has 6 nitrogen and oxygen atoms in total. The molecule has 0 spiro atoms. The summed E-state index contributed by atoms with van der Waals surface area (Å²) in [6.07, 6.45) is 1.10. The molecule has 1 saturated heterocycles. The number of piperazine rings is 1. The minimum Gasteiger partial charge on any atom is -0.368 e. The number of amides is 1. The van der Waals surface area contributed by atoms with Gasteiger partial charge < -0.3 is 9.80 Å². The quantitative estimate of drug-likeness (QED) is 0.195. The Morgan fingerprint density at radius 1 is 0.973 bits per heavy atom. The second kappa shape index (κ2) is 11.2. The lowest BCUT2D eigenvalue weighted by atomic mass is 10.1. The molecule has 8 heteroatoms. The zero-order valence-corrected chi connectivity index (χ0v) is 21.6. The summed E-state index contributed by atoms with van der Waals surface area (Å²) in [7, 11) is 0. The maximum absolute atomic E-state index is 14.0. The van der Waals surface area contributed by atoms with Crippen molar-refractivity contribution in [3.05, 3.63) is 94.5 Å². The van der Waals surface area contributed by atoms with Crippen LogP contribution in [0.25, 0.3) is 16.6 Å². The van der Waals surface area contributed by atoms with Crippen LogP contribution in [0.1, 0.15) is 18.4 Å². The lowest BCUT2D eigenvalue weighted by molar-refractivity contribution is -0.131. The molecule has 0 N–H and O–H groups in total. The Hall–Kier alpha value is -3.65. The molecule has 0 bridgehead atoms. The highest BCUT2D eigenvalue weighted by atomic mass is 32.2. The molecule has 3 aromatic carbocycles. The van der Waals surface area contributed by atoms with Gasteiger partial charge in [-0.05, 0) is 55.3 Å². The Balaban J connectivity index is 1.22. The van der Waals surface area contributed by atoms with Gasteiger partial charge in [0.2, 0.25) is 5.91 Å². The third kappa shape index (κ3) is 5.54. The minimum absolute atomic E-state index is 0.152. The highest BCUT2D eigenvalue weighted by Gasteiger charge is 2.22. The maximum atomic E-state index is 14.0. The van der Waals surface area contributed by atoms with Gasteiger partial charge in [0.25, 0.3) is 5.56 Å². The van der Waals surface area contributed by atoms with Gasteiger partial charge in [0.15, 0.2) is 5.16 Å². The molecule has 0 aliphatic carbocycles. The zero-order chi connectivity index (χ0) is 25.8. The first-order chi connectivity index (χ1) is 18.0. The fraction of sp³-hybridized carbons (Fsp3) is 0.276. The summed E-state index contributed by atoms with van der Waals surface area (Å²) < 4.78 is 15.4. The van der Waals surface area contributed by atoms with Crippen molar-refractivity contribution in [2.75, 3.05) is 36.8 Å². The smallest absolute Gasteiger partial charge is 0.266 e. The highest BCUT2D eigenvalue weighted by Crippen LogP contribution is 2.24. The van der Waals surface area contributed by atoms with Crippen LogP contribution in [0.4, 0.5) is 10.1 Å². The lowest BCUT2D eigenvalue weighted by Gasteiger charge is -2.36. The fourth-order valence-corrected chi connectivity index (χ4v) is 5.66. The highest BCUT2D eigenvalue weighted by molar-refractivity contribution is 7.99. The standard InChI is InChI=1S/C29H29FN4O2S/c1-21-8-2-5-13-26(21)32-15-17-33(18-16-32)27(35)14-7-19-37-29-31-25-12-4-3-11-24(25)28(36)34(29)23-10-6-9-22(30)20-23/h2-6,8-13,20H,7,14-19H2,1H3. The largest absolute Gasteiger partial charge is 0.368 e. The Kier molecular flexibility index (Phi) is 7.55. The summed E-state index contributed by atoms with van der Waals surface area (Å²) >= 11 is 1.42. The number of para-hydroxylation sites is 2. The van der Waals surface area contributed by atoms with Crippen LogP contribution in [0.5, 0.6) is 0 Å². The Bertz CT molecular complexity index is 1480. The molecular weight excluding hydrogens is 487 g/mol. The predicted octanol–water partition coefficient (Wildman–Crippen LogP) is 5.05. The topological polar surface area (TPSA) is 58.4 Å². The SMILES string of the molecule is Cc1ccccc1N1CCN(C(=O)CCCSc2nc3ccccc3c(=O)n2-c2cccc(F)c2)CC1. The summed E-state index contributed by atoms with van der Waals surface area (Å²) in [5.41, 5.74) is 3.29. The second-order valence-corrected chi connectivity index (χ2v) is 10.2. The second-order valence-electron chi connectivity index (χ2n) is 9.14. The van der Waals surface area contributed by atoms with Crippen LogP contribution in [0, 0.1) is 12.7 Å². The first kappa shape index (κ1) is 25.0. The van der Waals surface area contributed by atoms with Gasteiger partial charge in [-0.3, -0.25) is 14.2 Å². The van der Waals surface area contributed by atoms with Gasteiger partial charge in [-0.25, -0.2) is 9.37 Å². The van der Waals surface area contributed by atoms with Gasteiger partial charge >= 0.3 is 0 Å². The van der Waals surface area contributed by atoms with E-state index >= 15 is 0 Å². The summed E-state index contributed by atoms with van der Waals surface area (Å²) in [6.45, 7) is 5.19. The van der Waals surface area contributed by atoms with Crippen LogP contribution in [0.2, 0.25) is 0 Å². The van der Waals surface area contributed by atoms with Gasteiger partial charge in [0.05, 0.1) is 16.6 Å². The average molecular weight is 517 g/mol. The number of carbonyl (C=O) groups is 1. The average Bonchev–Trinajstić information content (AvgIpc) is 2.91. The van der Waals surface area contributed by atoms with Crippen LogP contribution in [-0.4, -0.2) is 52.3 Å². The van der Waals surface area contributed by atoms with Gasteiger partial charge in [0, 0.05) is 44.0 Å². The summed E-state index contributed by atoms with van der Waals surface area (Å²) in [5, 5.41) is 0.977. The molecule has 1 aliphatic heterocycles. The number of thioether (sulfide) groups is 1. The minimum atomic E-state index is -0.415. The molecule has 1 aromatic heterocycles. The Labute approximate surface area is 219 Å². The first-order valence-electron chi connectivity index (χ1n) is 12.5. The molecule has 0 atom stereocenters. The number of rotatable bonds is 7. The molecule has 0 saturated carbocycles. The molecule has 1 aliphatic rings. The third-order valence-electron chi connectivity index (χ3n) is 6.67. The number of nitrogens with zero attached hydrogens (tertiary/aromatic N) is 4. The molecule has 5 rings (SSSR count). The van der Waals surface area contributed by atoms with E-state index in [1.54, 1.807) is 30.3 Å². The van der Waals surface area contributed by atoms with Crippen molar-refractivity contribution in [3.8, 4) is 5.69 Å². The van der Waals surface area contributed by atoms with Crippen molar-refractivity contribution in [1.29, 1.82) is 0 Å². The van der Waals surface area contributed by atoms with Crippen LogP contribution in [0.15, 0.2) is 82.7 Å². The van der Waals surface area contributed by atoms with Gasteiger partial charge in [-0.2, -0.15) is 0 Å². The summed E-state index contributed by atoms with van der Waals surface area (Å²) in [6, 6.07) is 21.5. The van der Waals surface area contributed by atoms with Gasteiger partial charge in [0.1, 0.15) is 5.82 Å². The van der Waals surface area contributed by atoms with E-state index < -0.39 is 5.82 Å². The molecule has 0 radical (unpaired) electrons. The van der Waals surface area contributed by atoms with Crippen molar-refractivity contribution >= 4 is 34.3 Å². The summed E-state index contributed by atoms with van der Waals surface area (Å²) in [4.78, 5) is 35.1. The number of anilines is 1. The lowest BCUT2D eigenvalue weighted by Crippen LogP contribution is -2.49. The van der Waals surface area contributed by atoms with E-state index in [1.165, 1.54) is 39.7 Å². The number of fused-ring (bicyclic) bond motifs is 1. The van der Waals surface area contributed by atoms with E-state index in [4.69, 9.17) is 4.98 Å². The Morgan fingerprint density at radius 2 is 1.73 bits per heavy atom. The third-order valence-corrected chi connectivity index (χ3v) is 7.69. The van der Waals surface area contributed by atoms with E-state index in [9.17, 15) is 14.0 Å². The van der Waals surface area contributed by atoms with Gasteiger partial charge in [-0.15, -0.1) is 0 Å². The molecule has 2 heterocycles. The van der Waals surface area contributed by atoms with Crippen molar-refractivity contribution in [2.24, 2.45) is 0 Å². The molecule has 0 unspecified atom stereocenters. The van der Waals surface area contributed by atoms with Crippen molar-refractivity contribution in [2.45, 2.75) is 24.9 Å². The number of aryl methyl sites for hydroxylation is 1. The number of carbonyl (C=O) groups excluding carboxylic acids is 1. The molecule has 190 valence electrons. The number of benzene rings is 3. The van der Waals surface area contributed by atoms with E-state index in [1.807, 2.05) is 17.0 Å².